The average Bonchev–Trinajstić information content (AvgIpc) is 3.16. The van der Waals surface area contributed by atoms with E-state index >= 15 is 0 Å². The molecular weight excluding hydrogens is 438 g/mol. The molecule has 35 heavy (non-hydrogen) atoms. The summed E-state index contributed by atoms with van der Waals surface area (Å²) >= 11 is 0. The van der Waals surface area contributed by atoms with Gasteiger partial charge in [-0.1, -0.05) is 18.2 Å². The Bertz CT molecular complexity index is 1290. The third kappa shape index (κ3) is 4.20. The third-order valence-corrected chi connectivity index (χ3v) is 7.04. The molecule has 2 aromatic carbocycles. The summed E-state index contributed by atoms with van der Waals surface area (Å²) in [5, 5.41) is 11.3. The number of benzene rings is 2. The quantitative estimate of drug-likeness (QED) is 0.320. The minimum Gasteiger partial charge on any atom is -0.507 e. The molecule has 2 saturated heterocycles. The van der Waals surface area contributed by atoms with Crippen LogP contribution in [0.1, 0.15) is 47.7 Å². The Labute approximate surface area is 205 Å². The van der Waals surface area contributed by atoms with Gasteiger partial charge in [-0.3, -0.25) is 19.5 Å². The van der Waals surface area contributed by atoms with Crippen LogP contribution in [0.3, 0.4) is 0 Å². The van der Waals surface area contributed by atoms with Crippen LogP contribution in [0, 0.1) is 13.8 Å². The molecule has 0 radical (unpaired) electrons. The molecule has 1 aromatic heterocycles. The van der Waals surface area contributed by atoms with E-state index in [1.165, 1.54) is 24.2 Å². The maximum absolute atomic E-state index is 13.3. The first kappa shape index (κ1) is 22.8. The van der Waals surface area contributed by atoms with E-state index in [-0.39, 0.29) is 11.3 Å². The number of rotatable bonds is 4. The Morgan fingerprint density at radius 3 is 2.26 bits per heavy atom. The number of ketones is 1. The molecule has 1 N–H and O–H groups in total. The number of aryl methyl sites for hydroxylation is 2. The summed E-state index contributed by atoms with van der Waals surface area (Å²) in [5.41, 5.74) is 4.86. The van der Waals surface area contributed by atoms with Crippen molar-refractivity contribution < 1.29 is 14.7 Å². The molecule has 1 atom stereocenters. The van der Waals surface area contributed by atoms with E-state index in [0.29, 0.717) is 16.9 Å². The molecule has 0 spiro atoms. The summed E-state index contributed by atoms with van der Waals surface area (Å²) in [6.07, 6.45) is 5.23. The first-order valence-corrected chi connectivity index (χ1v) is 12.1. The highest BCUT2D eigenvalue weighted by Crippen LogP contribution is 2.42. The molecule has 2 aliphatic rings. The fourth-order valence-electron chi connectivity index (χ4n) is 4.94. The zero-order valence-electron chi connectivity index (χ0n) is 20.1. The van der Waals surface area contributed by atoms with Gasteiger partial charge in [0.15, 0.2) is 0 Å². The number of hydrogen-bond acceptors (Lipinski definition) is 5. The molecule has 6 heteroatoms. The average molecular weight is 468 g/mol. The number of pyridine rings is 1. The van der Waals surface area contributed by atoms with Crippen molar-refractivity contribution in [3.63, 3.8) is 0 Å². The molecule has 0 aliphatic carbocycles. The van der Waals surface area contributed by atoms with Crippen molar-refractivity contribution in [2.75, 3.05) is 22.9 Å². The third-order valence-electron chi connectivity index (χ3n) is 7.04. The summed E-state index contributed by atoms with van der Waals surface area (Å²) in [6, 6.07) is 17.8. The van der Waals surface area contributed by atoms with Gasteiger partial charge in [0.1, 0.15) is 11.8 Å². The van der Waals surface area contributed by atoms with Gasteiger partial charge in [-0.15, -0.1) is 0 Å². The number of anilines is 2. The molecule has 3 aromatic rings. The Morgan fingerprint density at radius 1 is 0.886 bits per heavy atom. The fourth-order valence-corrected chi connectivity index (χ4v) is 4.94. The summed E-state index contributed by atoms with van der Waals surface area (Å²) in [5.74, 6) is -1.57. The molecule has 6 nitrogen and oxygen atoms in total. The monoisotopic (exact) mass is 467 g/mol. The number of nitrogens with zero attached hydrogens (tertiary/aromatic N) is 3. The highest BCUT2D eigenvalue weighted by atomic mass is 16.3. The summed E-state index contributed by atoms with van der Waals surface area (Å²) in [7, 11) is 0. The second-order valence-corrected chi connectivity index (χ2v) is 9.29. The van der Waals surface area contributed by atoms with Crippen LogP contribution in [0.5, 0.6) is 0 Å². The lowest BCUT2D eigenvalue weighted by Crippen LogP contribution is -2.31. The molecule has 3 heterocycles. The van der Waals surface area contributed by atoms with Crippen LogP contribution < -0.4 is 9.80 Å². The van der Waals surface area contributed by atoms with Crippen LogP contribution in [0.2, 0.25) is 0 Å². The number of amides is 1. The van der Waals surface area contributed by atoms with Crippen LogP contribution in [-0.2, 0) is 9.59 Å². The predicted molar refractivity (Wildman–Crippen MR) is 137 cm³/mol. The first-order valence-electron chi connectivity index (χ1n) is 12.1. The van der Waals surface area contributed by atoms with E-state index in [1.54, 1.807) is 24.4 Å². The largest absolute Gasteiger partial charge is 0.507 e. The zero-order valence-corrected chi connectivity index (χ0v) is 20.1. The minimum absolute atomic E-state index is 0.0528. The molecule has 1 unspecified atom stereocenters. The summed E-state index contributed by atoms with van der Waals surface area (Å²) < 4.78 is 0. The smallest absolute Gasteiger partial charge is 0.300 e. The second-order valence-electron chi connectivity index (χ2n) is 9.29. The number of aliphatic hydroxyl groups excluding tert-OH is 1. The summed E-state index contributed by atoms with van der Waals surface area (Å²) in [6.45, 7) is 5.98. The molecule has 2 aliphatic heterocycles. The normalized spacial score (nSPS) is 19.9. The number of piperidine rings is 1. The van der Waals surface area contributed by atoms with E-state index in [9.17, 15) is 14.7 Å². The van der Waals surface area contributed by atoms with Gasteiger partial charge in [0.2, 0.25) is 0 Å². The Hall–Kier alpha value is -3.93. The van der Waals surface area contributed by atoms with Crippen LogP contribution in [0.4, 0.5) is 11.4 Å². The Morgan fingerprint density at radius 2 is 1.60 bits per heavy atom. The lowest BCUT2D eigenvalue weighted by atomic mass is 9.96. The van der Waals surface area contributed by atoms with Gasteiger partial charge in [-0.25, -0.2) is 0 Å². The Balaban J connectivity index is 1.60. The van der Waals surface area contributed by atoms with Gasteiger partial charge in [0, 0.05) is 36.2 Å². The minimum atomic E-state index is -0.821. The fraction of sp³-hybridized carbons (Fsp3) is 0.276. The van der Waals surface area contributed by atoms with Crippen LogP contribution in [0.25, 0.3) is 5.76 Å². The number of hydrogen-bond donors (Lipinski definition) is 1. The predicted octanol–water partition coefficient (Wildman–Crippen LogP) is 5.32. The van der Waals surface area contributed by atoms with E-state index in [4.69, 9.17) is 0 Å². The number of aromatic nitrogens is 1. The van der Waals surface area contributed by atoms with Crippen LogP contribution in [-0.4, -0.2) is 34.9 Å². The maximum Gasteiger partial charge on any atom is 0.300 e. The van der Waals surface area contributed by atoms with Crippen molar-refractivity contribution >= 4 is 28.8 Å². The zero-order chi connectivity index (χ0) is 24.5. The van der Waals surface area contributed by atoms with E-state index < -0.39 is 17.7 Å². The standard InChI is InChI=1S/C29H29N3O3/c1-19-9-10-21(18-20(19)2)27(33)25-26(24-8-4-5-15-30-24)32(29(35)28(25)34)23-13-11-22(12-14-23)31-16-6-3-7-17-31/h4-5,8-15,18,26,33H,3,6-7,16-17H2,1-2H3/b27-25-. The number of carbonyl (C=O) groups excluding carboxylic acids is 2. The number of carbonyl (C=O) groups is 2. The highest BCUT2D eigenvalue weighted by Gasteiger charge is 2.47. The van der Waals surface area contributed by atoms with Crippen molar-refractivity contribution in [1.82, 2.24) is 4.98 Å². The van der Waals surface area contributed by atoms with Crippen LogP contribution in [0.15, 0.2) is 72.4 Å². The lowest BCUT2D eigenvalue weighted by Gasteiger charge is -2.30. The van der Waals surface area contributed by atoms with Crippen molar-refractivity contribution in [3.05, 3.63) is 94.8 Å². The first-order chi connectivity index (χ1) is 17.0. The van der Waals surface area contributed by atoms with Crippen LogP contribution >= 0.6 is 0 Å². The van der Waals surface area contributed by atoms with Gasteiger partial charge in [-0.05, 0) is 86.7 Å². The van der Waals surface area contributed by atoms with Crippen molar-refractivity contribution in [2.45, 2.75) is 39.2 Å². The van der Waals surface area contributed by atoms with Gasteiger partial charge >= 0.3 is 0 Å². The van der Waals surface area contributed by atoms with Crippen molar-refractivity contribution in [3.8, 4) is 0 Å². The molecule has 0 saturated carbocycles. The highest BCUT2D eigenvalue weighted by molar-refractivity contribution is 6.51. The molecule has 1 amide bonds. The molecular formula is C29H29N3O3. The van der Waals surface area contributed by atoms with Gasteiger partial charge < -0.3 is 10.0 Å². The van der Waals surface area contributed by atoms with Gasteiger partial charge in [0.05, 0.1) is 11.3 Å². The molecule has 5 rings (SSSR count). The Kier molecular flexibility index (Phi) is 6.12. The van der Waals surface area contributed by atoms with Gasteiger partial charge in [-0.2, -0.15) is 0 Å². The SMILES string of the molecule is Cc1ccc(/C(O)=C2/C(=O)C(=O)N(c3ccc(N4CCCCC4)cc3)C2c2ccccn2)cc1C. The van der Waals surface area contributed by atoms with Crippen molar-refractivity contribution in [1.29, 1.82) is 0 Å². The van der Waals surface area contributed by atoms with Crippen molar-refractivity contribution in [2.24, 2.45) is 0 Å². The topological polar surface area (TPSA) is 73.7 Å². The number of Topliss-reactive ketones (excluding diaryl/α,β-unsaturated/α-hetero) is 1. The van der Waals surface area contributed by atoms with E-state index in [1.807, 2.05) is 56.3 Å². The molecule has 0 bridgehead atoms. The summed E-state index contributed by atoms with van der Waals surface area (Å²) in [4.78, 5) is 34.9. The van der Waals surface area contributed by atoms with E-state index in [0.717, 1.165) is 29.9 Å². The lowest BCUT2D eigenvalue weighted by molar-refractivity contribution is -0.132. The number of aliphatic hydroxyl groups is 1. The van der Waals surface area contributed by atoms with E-state index in [2.05, 4.69) is 9.88 Å². The molecule has 2 fully saturated rings. The maximum atomic E-state index is 13.3. The van der Waals surface area contributed by atoms with Gasteiger partial charge in [0.25, 0.3) is 11.7 Å². The second kappa shape index (κ2) is 9.37. The molecule has 178 valence electrons.